The third-order valence-corrected chi connectivity index (χ3v) is 4.32. The Morgan fingerprint density at radius 1 is 1.04 bits per heavy atom. The lowest BCUT2D eigenvalue weighted by atomic mass is 10.2. The molecule has 0 saturated carbocycles. The third kappa shape index (κ3) is 5.98. The average Bonchev–Trinajstić information content (AvgIpc) is 2.57. The monoisotopic (exact) mass is 344 g/mol. The fourth-order valence-corrected chi connectivity index (χ4v) is 2.60. The van der Waals surface area contributed by atoms with Crippen LogP contribution >= 0.6 is 0 Å². The Morgan fingerprint density at radius 2 is 1.71 bits per heavy atom. The van der Waals surface area contributed by atoms with Crippen LogP contribution in [0.2, 0.25) is 0 Å². The van der Waals surface area contributed by atoms with Gasteiger partial charge in [-0.1, -0.05) is 54.6 Å². The number of amides is 1. The Hall–Kier alpha value is -2.44. The summed E-state index contributed by atoms with van der Waals surface area (Å²) in [5, 5.41) is 7.84. The summed E-state index contributed by atoms with van der Waals surface area (Å²) in [4.78, 5) is 11.9. The van der Waals surface area contributed by atoms with Crippen molar-refractivity contribution in [2.45, 2.75) is 24.3 Å². The molecule has 5 nitrogen and oxygen atoms in total. The van der Waals surface area contributed by atoms with Crippen molar-refractivity contribution < 1.29 is 13.2 Å². The second-order valence-corrected chi connectivity index (χ2v) is 6.88. The second-order valence-electron chi connectivity index (χ2n) is 5.32. The van der Waals surface area contributed by atoms with E-state index in [2.05, 4.69) is 5.32 Å². The standard InChI is InChI=1S/C18H20N2O3S/c19-24(22,23)17-12-10-16(11-13-17)14-20-18(21)9-5-4-8-15-6-2-1-3-7-15/h1-4,6-8,10-13H,5,9,14H2,(H,20,21)(H2,19,22,23). The zero-order chi connectivity index (χ0) is 17.4. The zero-order valence-electron chi connectivity index (χ0n) is 13.2. The molecule has 0 spiro atoms. The van der Waals surface area contributed by atoms with Gasteiger partial charge in [0, 0.05) is 13.0 Å². The maximum Gasteiger partial charge on any atom is 0.238 e. The van der Waals surface area contributed by atoms with E-state index in [9.17, 15) is 13.2 Å². The number of benzene rings is 2. The van der Waals surface area contributed by atoms with E-state index < -0.39 is 10.0 Å². The molecule has 2 aromatic rings. The first-order valence-electron chi connectivity index (χ1n) is 7.55. The van der Waals surface area contributed by atoms with Gasteiger partial charge in [0.2, 0.25) is 15.9 Å². The molecule has 0 aliphatic heterocycles. The normalized spacial score (nSPS) is 11.5. The highest BCUT2D eigenvalue weighted by Gasteiger charge is 2.07. The number of rotatable bonds is 7. The molecule has 2 rings (SSSR count). The van der Waals surface area contributed by atoms with E-state index in [1.165, 1.54) is 12.1 Å². The van der Waals surface area contributed by atoms with E-state index in [4.69, 9.17) is 5.14 Å². The Balaban J connectivity index is 1.74. The minimum Gasteiger partial charge on any atom is -0.352 e. The van der Waals surface area contributed by atoms with E-state index >= 15 is 0 Å². The number of nitrogens with two attached hydrogens (primary N) is 1. The number of carbonyl (C=O) groups is 1. The lowest BCUT2D eigenvalue weighted by Gasteiger charge is -2.05. The molecule has 0 radical (unpaired) electrons. The molecule has 0 bridgehead atoms. The fraction of sp³-hybridized carbons (Fsp3) is 0.167. The molecular formula is C18H20N2O3S. The molecular weight excluding hydrogens is 324 g/mol. The molecule has 2 aromatic carbocycles. The Labute approximate surface area is 142 Å². The average molecular weight is 344 g/mol. The van der Waals surface area contributed by atoms with Gasteiger partial charge < -0.3 is 5.32 Å². The zero-order valence-corrected chi connectivity index (χ0v) is 14.0. The van der Waals surface area contributed by atoms with Crippen LogP contribution in [-0.4, -0.2) is 14.3 Å². The number of carbonyl (C=O) groups excluding carboxylic acids is 1. The predicted octanol–water partition coefficient (Wildman–Crippen LogP) is 2.44. The summed E-state index contributed by atoms with van der Waals surface area (Å²) in [5.41, 5.74) is 1.92. The maximum absolute atomic E-state index is 11.8. The number of hydrogen-bond acceptors (Lipinski definition) is 3. The van der Waals surface area contributed by atoms with E-state index in [1.807, 2.05) is 42.5 Å². The van der Waals surface area contributed by atoms with Crippen molar-refractivity contribution >= 4 is 22.0 Å². The highest BCUT2D eigenvalue weighted by atomic mass is 32.2. The van der Waals surface area contributed by atoms with Crippen molar-refractivity contribution in [1.29, 1.82) is 0 Å². The van der Waals surface area contributed by atoms with Crippen molar-refractivity contribution in [3.05, 3.63) is 71.8 Å². The molecule has 1 amide bonds. The summed E-state index contributed by atoms with van der Waals surface area (Å²) in [5.74, 6) is -0.0526. The van der Waals surface area contributed by atoms with Crippen LogP contribution in [0.15, 0.2) is 65.6 Å². The first kappa shape index (κ1) is 17.9. The van der Waals surface area contributed by atoms with E-state index in [1.54, 1.807) is 12.1 Å². The largest absolute Gasteiger partial charge is 0.352 e. The molecule has 0 unspecified atom stereocenters. The molecule has 6 heteroatoms. The molecule has 0 aliphatic carbocycles. The van der Waals surface area contributed by atoms with Crippen LogP contribution in [-0.2, 0) is 21.4 Å². The summed E-state index contributed by atoms with van der Waals surface area (Å²) in [6, 6.07) is 16.0. The molecule has 0 saturated heterocycles. The maximum atomic E-state index is 11.8. The van der Waals surface area contributed by atoms with Gasteiger partial charge in [0.1, 0.15) is 0 Å². The summed E-state index contributed by atoms with van der Waals surface area (Å²) >= 11 is 0. The quantitative estimate of drug-likeness (QED) is 0.808. The van der Waals surface area contributed by atoms with Crippen LogP contribution < -0.4 is 10.5 Å². The SMILES string of the molecule is NS(=O)(=O)c1ccc(CNC(=O)CCC=Cc2ccccc2)cc1. The van der Waals surface area contributed by atoms with Crippen LogP contribution in [0, 0.1) is 0 Å². The van der Waals surface area contributed by atoms with Crippen LogP contribution in [0.25, 0.3) is 6.08 Å². The molecule has 3 N–H and O–H groups in total. The molecule has 0 aromatic heterocycles. The number of nitrogens with one attached hydrogen (secondary N) is 1. The molecule has 24 heavy (non-hydrogen) atoms. The van der Waals surface area contributed by atoms with Gasteiger partial charge in [0.15, 0.2) is 0 Å². The predicted molar refractivity (Wildman–Crippen MR) is 94.4 cm³/mol. The van der Waals surface area contributed by atoms with E-state index in [0.717, 1.165) is 11.1 Å². The first-order chi connectivity index (χ1) is 11.4. The third-order valence-electron chi connectivity index (χ3n) is 3.39. The van der Waals surface area contributed by atoms with Gasteiger partial charge in [-0.2, -0.15) is 0 Å². The van der Waals surface area contributed by atoms with Crippen molar-refractivity contribution in [3.63, 3.8) is 0 Å². The van der Waals surface area contributed by atoms with Crippen molar-refractivity contribution in [3.8, 4) is 0 Å². The van der Waals surface area contributed by atoms with Crippen molar-refractivity contribution in [2.75, 3.05) is 0 Å². The number of hydrogen-bond donors (Lipinski definition) is 2. The van der Waals surface area contributed by atoms with Gasteiger partial charge in [-0.3, -0.25) is 4.79 Å². The van der Waals surface area contributed by atoms with Gasteiger partial charge in [-0.15, -0.1) is 0 Å². The Bertz CT molecular complexity index is 798. The first-order valence-corrected chi connectivity index (χ1v) is 9.10. The van der Waals surface area contributed by atoms with Crippen LogP contribution in [0.5, 0.6) is 0 Å². The molecule has 0 fully saturated rings. The molecule has 0 heterocycles. The van der Waals surface area contributed by atoms with Crippen molar-refractivity contribution in [2.24, 2.45) is 5.14 Å². The van der Waals surface area contributed by atoms with Crippen LogP contribution in [0.1, 0.15) is 24.0 Å². The summed E-state index contributed by atoms with van der Waals surface area (Å²) in [6.07, 6.45) is 5.01. The van der Waals surface area contributed by atoms with Gasteiger partial charge in [-0.05, 0) is 29.7 Å². The van der Waals surface area contributed by atoms with Gasteiger partial charge >= 0.3 is 0 Å². The smallest absolute Gasteiger partial charge is 0.238 e. The van der Waals surface area contributed by atoms with Gasteiger partial charge in [0.05, 0.1) is 4.90 Å². The van der Waals surface area contributed by atoms with Gasteiger partial charge in [-0.25, -0.2) is 13.6 Å². The lowest BCUT2D eigenvalue weighted by molar-refractivity contribution is -0.121. The minimum absolute atomic E-state index is 0.0526. The van der Waals surface area contributed by atoms with Gasteiger partial charge in [0.25, 0.3) is 0 Å². The topological polar surface area (TPSA) is 89.3 Å². The molecule has 0 atom stereocenters. The highest BCUT2D eigenvalue weighted by molar-refractivity contribution is 7.89. The summed E-state index contributed by atoms with van der Waals surface area (Å²) in [7, 11) is -3.68. The fourth-order valence-electron chi connectivity index (χ4n) is 2.08. The lowest BCUT2D eigenvalue weighted by Crippen LogP contribution is -2.22. The highest BCUT2D eigenvalue weighted by Crippen LogP contribution is 2.08. The number of sulfonamides is 1. The molecule has 0 aliphatic rings. The number of primary sulfonamides is 1. The van der Waals surface area contributed by atoms with Crippen molar-refractivity contribution in [1.82, 2.24) is 5.32 Å². The van der Waals surface area contributed by atoms with Crippen LogP contribution in [0.3, 0.4) is 0 Å². The summed E-state index contributed by atoms with van der Waals surface area (Å²) in [6.45, 7) is 0.353. The Morgan fingerprint density at radius 3 is 2.33 bits per heavy atom. The number of allylic oxidation sites excluding steroid dienone is 1. The van der Waals surface area contributed by atoms with Crippen LogP contribution in [0.4, 0.5) is 0 Å². The van der Waals surface area contributed by atoms with E-state index in [-0.39, 0.29) is 10.8 Å². The molecule has 126 valence electrons. The van der Waals surface area contributed by atoms with E-state index in [0.29, 0.717) is 19.4 Å². The second kappa shape index (κ2) is 8.42. The summed E-state index contributed by atoms with van der Waals surface area (Å²) < 4.78 is 22.3. The minimum atomic E-state index is -3.68. The Kier molecular flexibility index (Phi) is 6.28.